The topological polar surface area (TPSA) is 60.4 Å². The third-order valence-corrected chi connectivity index (χ3v) is 3.15. The maximum absolute atomic E-state index is 10.6. The summed E-state index contributed by atoms with van der Waals surface area (Å²) < 4.78 is 32.7. The Balaban J connectivity index is 0.00000121. The van der Waals surface area contributed by atoms with E-state index in [1.165, 1.54) is 0 Å². The molecule has 0 bridgehead atoms. The molecule has 0 spiro atoms. The van der Waals surface area contributed by atoms with Crippen molar-refractivity contribution in [3.63, 3.8) is 0 Å². The molecule has 1 saturated heterocycles. The van der Waals surface area contributed by atoms with Gasteiger partial charge in [-0.1, -0.05) is 6.42 Å². The van der Waals surface area contributed by atoms with Crippen LogP contribution in [0.4, 0.5) is 0 Å². The molecular formula is C6H12NNaO3S. The number of piperidine rings is 1. The van der Waals surface area contributed by atoms with Gasteiger partial charge in [-0.15, -0.1) is 0 Å². The van der Waals surface area contributed by atoms with E-state index in [1.807, 2.05) is 0 Å². The van der Waals surface area contributed by atoms with E-state index in [-0.39, 0.29) is 35.6 Å². The van der Waals surface area contributed by atoms with Crippen LogP contribution in [0.3, 0.4) is 0 Å². The fourth-order valence-corrected chi connectivity index (χ4v) is 2.30. The van der Waals surface area contributed by atoms with E-state index in [4.69, 9.17) is 0 Å². The van der Waals surface area contributed by atoms with Gasteiger partial charge < -0.3 is 4.55 Å². The first-order chi connectivity index (χ1) is 5.02. The summed E-state index contributed by atoms with van der Waals surface area (Å²) >= 11 is 0. The predicted molar refractivity (Wildman–Crippen MR) is 39.7 cm³/mol. The van der Waals surface area contributed by atoms with Crippen molar-refractivity contribution in [1.82, 2.24) is 4.31 Å². The molecule has 1 fully saturated rings. The molecule has 12 heavy (non-hydrogen) atoms. The second kappa shape index (κ2) is 4.93. The Morgan fingerprint density at radius 3 is 2.33 bits per heavy atom. The van der Waals surface area contributed by atoms with E-state index >= 15 is 0 Å². The van der Waals surface area contributed by atoms with Crippen LogP contribution in [-0.2, 0) is 10.3 Å². The molecular weight excluding hydrogens is 189 g/mol. The van der Waals surface area contributed by atoms with Crippen molar-refractivity contribution in [3.05, 3.63) is 0 Å². The van der Waals surface area contributed by atoms with Crippen LogP contribution >= 0.6 is 0 Å². The maximum Gasteiger partial charge on any atom is 1.00 e. The van der Waals surface area contributed by atoms with Crippen LogP contribution in [0, 0.1) is 0 Å². The van der Waals surface area contributed by atoms with Gasteiger partial charge in [-0.05, 0) is 19.8 Å². The van der Waals surface area contributed by atoms with Gasteiger partial charge in [-0.2, -0.15) is 0 Å². The molecule has 4 nitrogen and oxygen atoms in total. The zero-order valence-electron chi connectivity index (χ0n) is 7.49. The van der Waals surface area contributed by atoms with E-state index in [0.717, 1.165) is 23.6 Å². The largest absolute Gasteiger partial charge is 1.00 e. The normalized spacial score (nSPS) is 26.3. The predicted octanol–water partition coefficient (Wildman–Crippen LogP) is -2.67. The zero-order valence-corrected chi connectivity index (χ0v) is 10.3. The summed E-state index contributed by atoms with van der Waals surface area (Å²) in [5, 5.41) is 0. The summed E-state index contributed by atoms with van der Waals surface area (Å²) in [5.41, 5.74) is 0. The Morgan fingerprint density at radius 1 is 1.42 bits per heavy atom. The minimum Gasteiger partial charge on any atom is -0.735 e. The molecule has 0 amide bonds. The van der Waals surface area contributed by atoms with Crippen molar-refractivity contribution in [2.24, 2.45) is 0 Å². The SMILES string of the molecule is CC1CCCCN1S(=O)(=O)[O-].[Na+]. The van der Waals surface area contributed by atoms with Crippen molar-refractivity contribution in [2.75, 3.05) is 6.54 Å². The first kappa shape index (κ1) is 12.9. The van der Waals surface area contributed by atoms with Crippen molar-refractivity contribution in [2.45, 2.75) is 32.2 Å². The van der Waals surface area contributed by atoms with E-state index in [1.54, 1.807) is 6.92 Å². The van der Waals surface area contributed by atoms with Crippen LogP contribution in [0.1, 0.15) is 26.2 Å². The Kier molecular flexibility index (Phi) is 5.29. The second-order valence-electron chi connectivity index (χ2n) is 2.91. The number of nitrogens with zero attached hydrogens (tertiary/aromatic N) is 1. The molecule has 0 aromatic heterocycles. The minimum absolute atomic E-state index is 0. The molecule has 6 heteroatoms. The van der Waals surface area contributed by atoms with Crippen molar-refractivity contribution >= 4 is 10.3 Å². The third-order valence-electron chi connectivity index (χ3n) is 2.03. The third kappa shape index (κ3) is 3.32. The van der Waals surface area contributed by atoms with Crippen molar-refractivity contribution < 1.29 is 42.5 Å². The van der Waals surface area contributed by atoms with Gasteiger partial charge in [-0.3, -0.25) is 0 Å². The van der Waals surface area contributed by atoms with Crippen LogP contribution in [0.2, 0.25) is 0 Å². The monoisotopic (exact) mass is 201 g/mol. The van der Waals surface area contributed by atoms with Gasteiger partial charge >= 0.3 is 29.6 Å². The Hall–Kier alpha value is 0.870. The van der Waals surface area contributed by atoms with Gasteiger partial charge in [0.1, 0.15) is 0 Å². The van der Waals surface area contributed by atoms with E-state index in [9.17, 15) is 13.0 Å². The molecule has 66 valence electrons. The Labute approximate surface area is 95.5 Å². The molecule has 0 aromatic carbocycles. The first-order valence-corrected chi connectivity index (χ1v) is 5.11. The van der Waals surface area contributed by atoms with Crippen LogP contribution in [-0.4, -0.2) is 29.9 Å². The van der Waals surface area contributed by atoms with Gasteiger partial charge in [0.05, 0.1) is 0 Å². The van der Waals surface area contributed by atoms with Crippen molar-refractivity contribution in [3.8, 4) is 0 Å². The fourth-order valence-electron chi connectivity index (χ4n) is 1.40. The summed E-state index contributed by atoms with van der Waals surface area (Å²) in [6.45, 7) is 2.17. The molecule has 1 rings (SSSR count). The summed E-state index contributed by atoms with van der Waals surface area (Å²) in [4.78, 5) is 0. The molecule has 0 saturated carbocycles. The van der Waals surface area contributed by atoms with E-state index < -0.39 is 10.3 Å². The summed E-state index contributed by atoms with van der Waals surface area (Å²) in [7, 11) is -4.19. The Morgan fingerprint density at radius 2 is 2.00 bits per heavy atom. The average Bonchev–Trinajstić information content (AvgIpc) is 1.86. The van der Waals surface area contributed by atoms with Crippen LogP contribution in [0.5, 0.6) is 0 Å². The summed E-state index contributed by atoms with van der Waals surface area (Å²) in [5.74, 6) is 0. The van der Waals surface area contributed by atoms with Gasteiger partial charge in [-0.25, -0.2) is 12.7 Å². The van der Waals surface area contributed by atoms with E-state index in [0.29, 0.717) is 6.54 Å². The molecule has 0 N–H and O–H groups in total. The molecule has 0 aliphatic carbocycles. The molecule has 0 radical (unpaired) electrons. The fraction of sp³-hybridized carbons (Fsp3) is 1.00. The van der Waals surface area contributed by atoms with Gasteiger partial charge in [0.25, 0.3) is 0 Å². The maximum atomic E-state index is 10.6. The van der Waals surface area contributed by atoms with Crippen LogP contribution in [0.25, 0.3) is 0 Å². The van der Waals surface area contributed by atoms with Gasteiger partial charge in [0, 0.05) is 12.6 Å². The van der Waals surface area contributed by atoms with Crippen LogP contribution in [0.15, 0.2) is 0 Å². The summed E-state index contributed by atoms with van der Waals surface area (Å²) in [6.07, 6.45) is 2.64. The van der Waals surface area contributed by atoms with Gasteiger partial charge in [0.15, 0.2) is 10.3 Å². The number of hydrogen-bond acceptors (Lipinski definition) is 3. The molecule has 1 heterocycles. The van der Waals surface area contributed by atoms with Gasteiger partial charge in [0.2, 0.25) is 0 Å². The molecule has 1 atom stereocenters. The standard InChI is InChI=1S/C6H13NO3S.Na/c1-6-4-2-3-5-7(6)11(8,9)10;/h6H,2-5H2,1H3,(H,8,9,10);/q;+1/p-1. The number of hydrogen-bond donors (Lipinski definition) is 0. The Bertz CT molecular complexity index is 229. The molecule has 1 unspecified atom stereocenters. The van der Waals surface area contributed by atoms with Crippen molar-refractivity contribution in [1.29, 1.82) is 0 Å². The minimum atomic E-state index is -4.19. The number of rotatable bonds is 1. The zero-order chi connectivity index (χ0) is 8.48. The molecule has 0 aromatic rings. The smallest absolute Gasteiger partial charge is 0.735 e. The molecule has 1 aliphatic heterocycles. The molecule has 1 aliphatic rings. The summed E-state index contributed by atoms with van der Waals surface area (Å²) in [6, 6.07) is -0.105. The second-order valence-corrected chi connectivity index (χ2v) is 4.24. The van der Waals surface area contributed by atoms with E-state index in [2.05, 4.69) is 0 Å². The van der Waals surface area contributed by atoms with Crippen LogP contribution < -0.4 is 29.6 Å². The first-order valence-electron chi connectivity index (χ1n) is 3.74. The quantitative estimate of drug-likeness (QED) is 0.343. The average molecular weight is 201 g/mol.